The fraction of sp³-hybridized carbons (Fsp3) is 0.938. The summed E-state index contributed by atoms with van der Waals surface area (Å²) in [4.78, 5) is 14.8. The van der Waals surface area contributed by atoms with Gasteiger partial charge in [-0.05, 0) is 46.5 Å². The second-order valence-electron chi connectivity index (χ2n) is 6.89. The first-order chi connectivity index (χ1) is 9.99. The minimum Gasteiger partial charge on any atom is -0.396 e. The lowest BCUT2D eigenvalue weighted by Gasteiger charge is -2.37. The van der Waals surface area contributed by atoms with E-state index < -0.39 is 0 Å². The summed E-state index contributed by atoms with van der Waals surface area (Å²) >= 11 is 0. The van der Waals surface area contributed by atoms with Crippen LogP contribution in [0.5, 0.6) is 0 Å². The highest BCUT2D eigenvalue weighted by Crippen LogP contribution is 2.29. The van der Waals surface area contributed by atoms with Crippen molar-refractivity contribution in [3.05, 3.63) is 0 Å². The summed E-state index contributed by atoms with van der Waals surface area (Å²) in [5, 5.41) is 12.7. The zero-order valence-corrected chi connectivity index (χ0v) is 13.6. The largest absolute Gasteiger partial charge is 0.396 e. The average Bonchev–Trinajstić information content (AvgIpc) is 2.84. The smallest absolute Gasteiger partial charge is 0.237 e. The molecule has 0 saturated carbocycles. The Hall–Kier alpha value is -0.650. The lowest BCUT2D eigenvalue weighted by molar-refractivity contribution is -0.128. The first-order valence-corrected chi connectivity index (χ1v) is 8.23. The van der Waals surface area contributed by atoms with E-state index in [1.807, 2.05) is 6.92 Å². The van der Waals surface area contributed by atoms with Gasteiger partial charge in [0.25, 0.3) is 0 Å². The Kier molecular flexibility index (Phi) is 5.63. The van der Waals surface area contributed by atoms with Gasteiger partial charge in [-0.2, -0.15) is 0 Å². The van der Waals surface area contributed by atoms with Crippen LogP contribution in [0, 0.1) is 5.41 Å². The quantitative estimate of drug-likeness (QED) is 0.799. The van der Waals surface area contributed by atoms with E-state index in [-0.39, 0.29) is 24.0 Å². The number of nitrogens with one attached hydrogen (secondary N) is 1. The number of likely N-dealkylation sites (tertiary alicyclic amines) is 1. The molecule has 2 N–H and O–H groups in total. The van der Waals surface area contributed by atoms with Crippen molar-refractivity contribution in [2.24, 2.45) is 5.41 Å². The number of aliphatic hydroxyl groups excluding tert-OH is 1. The molecule has 2 saturated heterocycles. The Labute approximate surface area is 128 Å². The number of rotatable bonds is 5. The van der Waals surface area contributed by atoms with Crippen molar-refractivity contribution in [3.63, 3.8) is 0 Å². The maximum atomic E-state index is 12.5. The molecule has 3 atom stereocenters. The van der Waals surface area contributed by atoms with Crippen LogP contribution in [-0.2, 0) is 9.53 Å². The summed E-state index contributed by atoms with van der Waals surface area (Å²) in [6.45, 7) is 8.39. The van der Waals surface area contributed by atoms with Crippen molar-refractivity contribution in [2.45, 2.75) is 64.6 Å². The zero-order valence-electron chi connectivity index (χ0n) is 13.6. The molecule has 0 unspecified atom stereocenters. The summed E-state index contributed by atoms with van der Waals surface area (Å²) in [6, 6.07) is 0.833. The van der Waals surface area contributed by atoms with Gasteiger partial charge in [-0.1, -0.05) is 0 Å². The fourth-order valence-corrected chi connectivity index (χ4v) is 3.73. The number of carbonyl (C=O) groups is 1. The van der Waals surface area contributed by atoms with E-state index in [1.54, 1.807) is 0 Å². The van der Waals surface area contributed by atoms with Crippen LogP contribution in [0.1, 0.15) is 46.5 Å². The third-order valence-electron chi connectivity index (χ3n) is 5.37. The molecule has 5 nitrogen and oxygen atoms in total. The van der Waals surface area contributed by atoms with Gasteiger partial charge < -0.3 is 15.2 Å². The van der Waals surface area contributed by atoms with Gasteiger partial charge in [0.05, 0.1) is 12.6 Å². The van der Waals surface area contributed by atoms with Gasteiger partial charge in [0, 0.05) is 37.3 Å². The Morgan fingerprint density at radius 2 is 1.90 bits per heavy atom. The van der Waals surface area contributed by atoms with Crippen molar-refractivity contribution in [1.82, 2.24) is 10.2 Å². The van der Waals surface area contributed by atoms with E-state index >= 15 is 0 Å². The molecule has 0 aromatic carbocycles. The topological polar surface area (TPSA) is 61.8 Å². The predicted molar refractivity (Wildman–Crippen MR) is 82.0 cm³/mol. The molecule has 0 spiro atoms. The highest BCUT2D eigenvalue weighted by atomic mass is 16.5. The summed E-state index contributed by atoms with van der Waals surface area (Å²) in [5.41, 5.74) is -0.199. The minimum absolute atomic E-state index is 0.0786. The highest BCUT2D eigenvalue weighted by Gasteiger charge is 2.36. The third-order valence-corrected chi connectivity index (χ3v) is 5.37. The standard InChI is InChI=1S/C16H30N2O3/c1-12-4-5-13(2)18(12)14(3)15(20)17-10-16(11-19)6-8-21-9-7-16/h12-14,19H,4-11H2,1-3H3,(H,17,20)/t12-,13+,14-/m0/s1. The molecule has 0 aromatic heterocycles. The summed E-state index contributed by atoms with van der Waals surface area (Å²) in [5.74, 6) is 0.0786. The number of ether oxygens (including phenoxy) is 1. The number of hydrogen-bond acceptors (Lipinski definition) is 4. The number of aliphatic hydroxyl groups is 1. The molecule has 0 aromatic rings. The molecule has 0 aliphatic carbocycles. The maximum Gasteiger partial charge on any atom is 0.237 e. The molecule has 122 valence electrons. The monoisotopic (exact) mass is 298 g/mol. The second-order valence-corrected chi connectivity index (χ2v) is 6.89. The minimum atomic E-state index is -0.199. The van der Waals surface area contributed by atoms with E-state index in [4.69, 9.17) is 4.74 Å². The van der Waals surface area contributed by atoms with Crippen molar-refractivity contribution in [1.29, 1.82) is 0 Å². The number of nitrogens with zero attached hydrogens (tertiary/aromatic N) is 1. The van der Waals surface area contributed by atoms with Gasteiger partial charge in [0.2, 0.25) is 5.91 Å². The Balaban J connectivity index is 1.88. The van der Waals surface area contributed by atoms with Crippen molar-refractivity contribution >= 4 is 5.91 Å². The number of amides is 1. The molecule has 0 radical (unpaired) electrons. The summed E-state index contributed by atoms with van der Waals surface area (Å²) in [6.07, 6.45) is 3.96. The first-order valence-electron chi connectivity index (χ1n) is 8.23. The molecule has 1 amide bonds. The molecule has 2 aliphatic heterocycles. The Bertz CT molecular complexity index is 345. The summed E-state index contributed by atoms with van der Waals surface area (Å²) < 4.78 is 5.36. The van der Waals surface area contributed by atoms with Gasteiger partial charge in [0.15, 0.2) is 0 Å². The van der Waals surface area contributed by atoms with Crippen molar-refractivity contribution in [2.75, 3.05) is 26.4 Å². The van der Waals surface area contributed by atoms with Crippen LogP contribution < -0.4 is 5.32 Å². The summed E-state index contributed by atoms with van der Waals surface area (Å²) in [7, 11) is 0. The lowest BCUT2D eigenvalue weighted by atomic mass is 9.81. The first kappa shape index (κ1) is 16.7. The third kappa shape index (κ3) is 3.76. The second kappa shape index (κ2) is 7.07. The van der Waals surface area contributed by atoms with E-state index in [1.165, 1.54) is 0 Å². The Morgan fingerprint density at radius 1 is 1.33 bits per heavy atom. The highest BCUT2D eigenvalue weighted by molar-refractivity contribution is 5.81. The zero-order chi connectivity index (χ0) is 15.5. The maximum absolute atomic E-state index is 12.5. The van der Waals surface area contributed by atoms with E-state index in [2.05, 4.69) is 24.1 Å². The van der Waals surface area contributed by atoms with Gasteiger partial charge in [-0.25, -0.2) is 0 Å². The van der Waals surface area contributed by atoms with Gasteiger partial charge in [-0.3, -0.25) is 9.69 Å². The van der Waals surface area contributed by atoms with Crippen LogP contribution in [0.2, 0.25) is 0 Å². The van der Waals surface area contributed by atoms with Gasteiger partial charge in [0.1, 0.15) is 0 Å². The molecule has 2 rings (SSSR count). The van der Waals surface area contributed by atoms with Gasteiger partial charge >= 0.3 is 0 Å². The molecular formula is C16H30N2O3. The lowest BCUT2D eigenvalue weighted by Crippen LogP contribution is -2.52. The number of hydrogen-bond donors (Lipinski definition) is 2. The average molecular weight is 298 g/mol. The molecular weight excluding hydrogens is 268 g/mol. The van der Waals surface area contributed by atoms with Gasteiger partial charge in [-0.15, -0.1) is 0 Å². The van der Waals surface area contributed by atoms with Crippen LogP contribution in [-0.4, -0.2) is 60.4 Å². The van der Waals surface area contributed by atoms with E-state index in [9.17, 15) is 9.90 Å². The van der Waals surface area contributed by atoms with E-state index in [0.717, 1.165) is 25.7 Å². The van der Waals surface area contributed by atoms with Crippen LogP contribution in [0.15, 0.2) is 0 Å². The molecule has 5 heteroatoms. The van der Waals surface area contributed by atoms with Crippen molar-refractivity contribution < 1.29 is 14.6 Å². The van der Waals surface area contributed by atoms with E-state index in [0.29, 0.717) is 31.8 Å². The molecule has 2 aliphatic rings. The van der Waals surface area contributed by atoms with Crippen molar-refractivity contribution in [3.8, 4) is 0 Å². The Morgan fingerprint density at radius 3 is 2.43 bits per heavy atom. The van der Waals surface area contributed by atoms with Crippen LogP contribution >= 0.6 is 0 Å². The van der Waals surface area contributed by atoms with Crippen LogP contribution in [0.25, 0.3) is 0 Å². The number of carbonyl (C=O) groups excluding carboxylic acids is 1. The van der Waals surface area contributed by atoms with Crippen LogP contribution in [0.3, 0.4) is 0 Å². The molecule has 2 heterocycles. The molecule has 2 fully saturated rings. The molecule has 0 bridgehead atoms. The molecule has 21 heavy (non-hydrogen) atoms. The fourth-order valence-electron chi connectivity index (χ4n) is 3.73. The van der Waals surface area contributed by atoms with Crippen LogP contribution in [0.4, 0.5) is 0 Å². The normalized spacial score (nSPS) is 31.0. The predicted octanol–water partition coefficient (Wildman–Crippen LogP) is 1.15. The SMILES string of the molecule is C[C@@H]1CC[C@H](C)N1[C@@H](C)C(=O)NCC1(CO)CCOCC1.